The van der Waals surface area contributed by atoms with Gasteiger partial charge in [0.15, 0.2) is 6.04 Å². The van der Waals surface area contributed by atoms with Gasteiger partial charge in [-0.1, -0.05) is 35.9 Å². The lowest BCUT2D eigenvalue weighted by Crippen LogP contribution is -3.12. The number of fused-ring (bicyclic) bond motifs is 1. The van der Waals surface area contributed by atoms with Crippen LogP contribution in [0.3, 0.4) is 0 Å². The number of hydrogen-bond acceptors (Lipinski definition) is 2. The van der Waals surface area contributed by atoms with Crippen molar-refractivity contribution in [3.8, 4) is 0 Å². The number of para-hydroxylation sites is 2. The number of carbonyl (C=O) groups is 2. The van der Waals surface area contributed by atoms with Crippen molar-refractivity contribution in [2.75, 3.05) is 23.8 Å². The highest BCUT2D eigenvalue weighted by Gasteiger charge is 2.33. The first-order valence-corrected chi connectivity index (χ1v) is 8.95. The molecule has 0 spiro atoms. The first kappa shape index (κ1) is 18.1. The molecular formula is C21H26N3O2+. The predicted molar refractivity (Wildman–Crippen MR) is 103 cm³/mol. The molecule has 26 heavy (non-hydrogen) atoms. The molecular weight excluding hydrogens is 326 g/mol. The molecule has 0 aliphatic carbocycles. The van der Waals surface area contributed by atoms with Gasteiger partial charge in [-0.2, -0.15) is 0 Å². The summed E-state index contributed by atoms with van der Waals surface area (Å²) in [5, 5.41) is 2.83. The van der Waals surface area contributed by atoms with Gasteiger partial charge in [0, 0.05) is 5.56 Å². The van der Waals surface area contributed by atoms with E-state index in [0.717, 1.165) is 17.1 Å². The highest BCUT2D eigenvalue weighted by atomic mass is 16.2. The van der Waals surface area contributed by atoms with Crippen molar-refractivity contribution >= 4 is 23.2 Å². The van der Waals surface area contributed by atoms with Gasteiger partial charge < -0.3 is 10.2 Å². The van der Waals surface area contributed by atoms with Gasteiger partial charge >= 0.3 is 0 Å². The highest BCUT2D eigenvalue weighted by Crippen LogP contribution is 2.29. The van der Waals surface area contributed by atoms with Crippen molar-refractivity contribution in [1.29, 1.82) is 0 Å². The summed E-state index contributed by atoms with van der Waals surface area (Å²) < 4.78 is 0. The van der Waals surface area contributed by atoms with Crippen LogP contribution in [0.2, 0.25) is 0 Å². The van der Waals surface area contributed by atoms with Crippen LogP contribution in [-0.4, -0.2) is 31.4 Å². The van der Waals surface area contributed by atoms with Gasteiger partial charge in [0.25, 0.3) is 5.91 Å². The van der Waals surface area contributed by atoms with Gasteiger partial charge in [-0.15, -0.1) is 0 Å². The van der Waals surface area contributed by atoms with Gasteiger partial charge in [0.05, 0.1) is 18.4 Å². The summed E-state index contributed by atoms with van der Waals surface area (Å²) in [5.41, 5.74) is 5.18. The molecule has 1 aliphatic heterocycles. The van der Waals surface area contributed by atoms with Crippen LogP contribution >= 0.6 is 0 Å². The van der Waals surface area contributed by atoms with Crippen LogP contribution in [0.5, 0.6) is 0 Å². The van der Waals surface area contributed by atoms with Crippen molar-refractivity contribution in [2.45, 2.75) is 33.4 Å². The number of hydrogen-bond donors (Lipinski definition) is 2. The van der Waals surface area contributed by atoms with Crippen LogP contribution in [0.15, 0.2) is 42.5 Å². The van der Waals surface area contributed by atoms with E-state index in [1.807, 2.05) is 38.2 Å². The Morgan fingerprint density at radius 2 is 1.96 bits per heavy atom. The Balaban J connectivity index is 1.78. The monoisotopic (exact) mass is 352 g/mol. The number of nitrogens with zero attached hydrogens (tertiary/aromatic N) is 1. The van der Waals surface area contributed by atoms with Crippen molar-refractivity contribution in [1.82, 2.24) is 0 Å². The van der Waals surface area contributed by atoms with Gasteiger partial charge in [0.2, 0.25) is 5.91 Å². The molecule has 2 atom stereocenters. The zero-order chi connectivity index (χ0) is 18.8. The zero-order valence-electron chi connectivity index (χ0n) is 15.8. The van der Waals surface area contributed by atoms with E-state index in [0.29, 0.717) is 5.69 Å². The molecule has 5 nitrogen and oxygen atoms in total. The molecule has 1 unspecified atom stereocenters. The maximum Gasteiger partial charge on any atom is 0.285 e. The number of carbonyl (C=O) groups excluding carboxylic acids is 2. The summed E-state index contributed by atoms with van der Waals surface area (Å²) in [5.74, 6) is -0.189. The van der Waals surface area contributed by atoms with E-state index < -0.39 is 0 Å². The molecule has 0 bridgehead atoms. The van der Waals surface area contributed by atoms with Crippen LogP contribution < -0.4 is 15.1 Å². The Morgan fingerprint density at radius 3 is 2.69 bits per heavy atom. The summed E-state index contributed by atoms with van der Waals surface area (Å²) >= 11 is 0. The van der Waals surface area contributed by atoms with Crippen LogP contribution in [0, 0.1) is 13.8 Å². The largest absolute Gasteiger partial charge is 0.324 e. The van der Waals surface area contributed by atoms with E-state index in [1.165, 1.54) is 16.7 Å². The van der Waals surface area contributed by atoms with Crippen molar-refractivity contribution in [3.05, 3.63) is 59.2 Å². The van der Waals surface area contributed by atoms with E-state index in [4.69, 9.17) is 0 Å². The maximum absolute atomic E-state index is 13.1. The normalized spacial score (nSPS) is 15.8. The molecule has 2 aromatic carbocycles. The minimum Gasteiger partial charge on any atom is -0.324 e. The topological polar surface area (TPSA) is 53.9 Å². The first-order valence-electron chi connectivity index (χ1n) is 8.95. The van der Waals surface area contributed by atoms with Gasteiger partial charge in [-0.25, -0.2) is 0 Å². The molecule has 0 fully saturated rings. The van der Waals surface area contributed by atoms with Crippen molar-refractivity contribution in [3.63, 3.8) is 0 Å². The summed E-state index contributed by atoms with van der Waals surface area (Å²) in [7, 11) is 2.03. The number of nitrogens with one attached hydrogen (secondary N) is 2. The minimum absolute atomic E-state index is 0.0328. The Labute approximate surface area is 154 Å². The fourth-order valence-corrected chi connectivity index (χ4v) is 3.37. The van der Waals surface area contributed by atoms with Crippen LogP contribution in [0.1, 0.15) is 23.6 Å². The summed E-state index contributed by atoms with van der Waals surface area (Å²) in [6.07, 6.45) is 0. The minimum atomic E-state index is -0.255. The molecule has 0 saturated heterocycles. The van der Waals surface area contributed by atoms with Gasteiger partial charge in [-0.3, -0.25) is 14.5 Å². The third kappa shape index (κ3) is 3.63. The van der Waals surface area contributed by atoms with Crippen molar-refractivity contribution in [2.24, 2.45) is 0 Å². The van der Waals surface area contributed by atoms with E-state index >= 15 is 0 Å². The molecule has 2 aromatic rings. The first-order chi connectivity index (χ1) is 12.4. The molecule has 5 heteroatoms. The van der Waals surface area contributed by atoms with Crippen molar-refractivity contribution < 1.29 is 14.5 Å². The Bertz CT molecular complexity index is 847. The Morgan fingerprint density at radius 1 is 1.23 bits per heavy atom. The quantitative estimate of drug-likeness (QED) is 0.880. The summed E-state index contributed by atoms with van der Waals surface area (Å²) in [6.45, 7) is 6.94. The van der Waals surface area contributed by atoms with Crippen LogP contribution in [-0.2, 0) is 16.1 Å². The standard InChI is InChI=1S/C21H25N3O2/c1-14-9-10-17(15(2)11-14)12-23(4)16(3)21(26)24-13-20(25)22-18-7-5-6-8-19(18)24/h5-11,16H,12-13H2,1-4H3,(H,22,25)/p+1/t16-/m0/s1. The van der Waals surface area contributed by atoms with E-state index in [1.54, 1.807) is 4.90 Å². The lowest BCUT2D eigenvalue weighted by molar-refractivity contribution is -0.908. The van der Waals surface area contributed by atoms with Gasteiger partial charge in [0.1, 0.15) is 13.1 Å². The average Bonchev–Trinajstić information content (AvgIpc) is 2.62. The number of amides is 2. The Hall–Kier alpha value is -2.66. The lowest BCUT2D eigenvalue weighted by atomic mass is 10.0. The van der Waals surface area contributed by atoms with Gasteiger partial charge in [-0.05, 0) is 38.5 Å². The molecule has 0 radical (unpaired) electrons. The lowest BCUT2D eigenvalue weighted by Gasteiger charge is -2.32. The number of aryl methyl sites for hydroxylation is 2. The molecule has 136 valence electrons. The second-order valence-electron chi connectivity index (χ2n) is 7.16. The smallest absolute Gasteiger partial charge is 0.285 e. The number of rotatable bonds is 4. The zero-order valence-corrected chi connectivity index (χ0v) is 15.8. The molecule has 0 aromatic heterocycles. The molecule has 1 aliphatic rings. The average molecular weight is 352 g/mol. The van der Waals surface area contributed by atoms with Crippen LogP contribution in [0.4, 0.5) is 11.4 Å². The molecule has 2 amide bonds. The fraction of sp³-hybridized carbons (Fsp3) is 0.333. The van der Waals surface area contributed by atoms with E-state index in [9.17, 15) is 9.59 Å². The maximum atomic E-state index is 13.1. The highest BCUT2D eigenvalue weighted by molar-refractivity contribution is 6.10. The molecule has 1 heterocycles. The second kappa shape index (κ2) is 7.30. The number of quaternary nitrogens is 1. The molecule has 2 N–H and O–H groups in total. The third-order valence-corrected chi connectivity index (χ3v) is 5.11. The van der Waals surface area contributed by atoms with E-state index in [-0.39, 0.29) is 24.4 Å². The second-order valence-corrected chi connectivity index (χ2v) is 7.16. The fourth-order valence-electron chi connectivity index (χ4n) is 3.37. The number of likely N-dealkylation sites (N-methyl/N-ethyl adjacent to an activating group) is 1. The summed E-state index contributed by atoms with van der Waals surface area (Å²) in [4.78, 5) is 27.8. The van der Waals surface area contributed by atoms with E-state index in [2.05, 4.69) is 37.4 Å². The molecule has 3 rings (SSSR count). The summed E-state index contributed by atoms with van der Waals surface area (Å²) in [6, 6.07) is 13.6. The number of benzene rings is 2. The van der Waals surface area contributed by atoms with Crippen LogP contribution in [0.25, 0.3) is 0 Å². The predicted octanol–water partition coefficient (Wildman–Crippen LogP) is 1.69. The number of anilines is 2. The Kier molecular flexibility index (Phi) is 5.09. The third-order valence-electron chi connectivity index (χ3n) is 5.11. The SMILES string of the molecule is Cc1ccc(C[NH+](C)[C@@H](C)C(=O)N2CC(=O)Nc3ccccc32)c(C)c1. The molecule has 0 saturated carbocycles.